The van der Waals surface area contributed by atoms with Crippen LogP contribution in [0.15, 0.2) is 36.4 Å². The number of rotatable bonds is 5. The zero-order valence-corrected chi connectivity index (χ0v) is 18.9. The summed E-state index contributed by atoms with van der Waals surface area (Å²) in [6, 6.07) is 13.2. The molecular weight excluding hydrogens is 473 g/mol. The number of fused-ring (bicyclic) bond motifs is 1. The fourth-order valence-electron chi connectivity index (χ4n) is 4.87. The van der Waals surface area contributed by atoms with Crippen LogP contribution in [0.25, 0.3) is 22.3 Å². The smallest absolute Gasteiger partial charge is 0.154 e. The van der Waals surface area contributed by atoms with Gasteiger partial charge < -0.3 is 37.4 Å². The first-order valence-electron chi connectivity index (χ1n) is 10.9. The molecule has 2 aliphatic rings. The van der Waals surface area contributed by atoms with Crippen molar-refractivity contribution in [3.05, 3.63) is 40.2 Å². The van der Waals surface area contributed by atoms with Gasteiger partial charge in [0, 0.05) is 24.8 Å². The van der Waals surface area contributed by atoms with Gasteiger partial charge in [-0.2, -0.15) is 0 Å². The molecule has 5 rings (SSSR count). The summed E-state index contributed by atoms with van der Waals surface area (Å²) >= 11 is 2.26. The fourth-order valence-corrected chi connectivity index (χ4v) is 5.36. The largest absolute Gasteiger partial charge is 0.714 e. The molecule has 153 valence electrons. The van der Waals surface area contributed by atoms with Gasteiger partial charge >= 0.3 is 0 Å². The first kappa shape index (κ1) is 19.3. The highest BCUT2D eigenvalue weighted by Gasteiger charge is 2.27. The Hall–Kier alpha value is -1.67. The molecule has 1 N–H and O–H groups in total. The number of aromatic nitrogens is 3. The lowest BCUT2D eigenvalue weighted by Gasteiger charge is -2.38. The highest BCUT2D eigenvalue weighted by molar-refractivity contribution is 5.90. The molecule has 0 spiro atoms. The third-order valence-corrected chi connectivity index (χ3v) is 6.87. The Morgan fingerprint density at radius 3 is 2.62 bits per heavy atom. The molecule has 0 aliphatic carbocycles. The van der Waals surface area contributed by atoms with Crippen LogP contribution in [0.2, 0.25) is 0 Å². The molecule has 3 aromatic rings. The lowest BCUT2D eigenvalue weighted by Crippen LogP contribution is -3.34. The topological polar surface area (TPSA) is 48.1 Å². The van der Waals surface area contributed by atoms with E-state index in [1.165, 1.54) is 63.7 Å². The van der Waals surface area contributed by atoms with Gasteiger partial charge in [-0.3, -0.25) is 4.98 Å². The van der Waals surface area contributed by atoms with Gasteiger partial charge in [0.05, 0.1) is 5.52 Å². The van der Waals surface area contributed by atoms with E-state index in [2.05, 4.69) is 73.8 Å². The summed E-state index contributed by atoms with van der Waals surface area (Å²) in [5.41, 5.74) is 4.40. The number of hydrogen-bond donors (Lipinski definition) is 1. The molecule has 2 fully saturated rings. The van der Waals surface area contributed by atoms with Gasteiger partial charge in [0.2, 0.25) is 0 Å². The number of anilines is 1. The summed E-state index contributed by atoms with van der Waals surface area (Å²) in [7, 11) is 0. The number of aromatic amines is 1. The third kappa shape index (κ3) is 4.14. The van der Waals surface area contributed by atoms with Gasteiger partial charge in [-0.25, -0.2) is 4.98 Å². The SMILES string of the molecule is [I-]c1nc(N2CCCCC2CCN2CCCC2)c2[nH]c(-c3ccccc3)cc2n1. The molecule has 6 heteroatoms. The van der Waals surface area contributed by atoms with Gasteiger partial charge in [-0.1, -0.05) is 30.3 Å². The Labute approximate surface area is 186 Å². The van der Waals surface area contributed by atoms with E-state index in [9.17, 15) is 0 Å². The van der Waals surface area contributed by atoms with E-state index in [1.807, 2.05) is 0 Å². The van der Waals surface area contributed by atoms with Crippen LogP contribution in [0.1, 0.15) is 38.5 Å². The Morgan fingerprint density at radius 1 is 1.00 bits per heavy atom. The van der Waals surface area contributed by atoms with Crippen LogP contribution in [0.3, 0.4) is 0 Å². The summed E-state index contributed by atoms with van der Waals surface area (Å²) in [6.07, 6.45) is 7.80. The van der Waals surface area contributed by atoms with Crippen molar-refractivity contribution in [2.24, 2.45) is 0 Å². The van der Waals surface area contributed by atoms with Crippen molar-refractivity contribution in [3.63, 3.8) is 0 Å². The van der Waals surface area contributed by atoms with Crippen molar-refractivity contribution in [1.82, 2.24) is 19.9 Å². The molecular formula is C23H28IN5-. The van der Waals surface area contributed by atoms with Crippen LogP contribution < -0.4 is 27.5 Å². The molecule has 1 unspecified atom stereocenters. The molecule has 4 heterocycles. The minimum absolute atomic E-state index is 0.571. The van der Waals surface area contributed by atoms with Crippen LogP contribution in [0.4, 0.5) is 5.82 Å². The number of likely N-dealkylation sites (tertiary alicyclic amines) is 1. The standard InChI is InChI=1S/C23H28IN5/c24-23-26-20-16-19(17-8-2-1-3-9-17)25-21(20)22(27-23)29-14-5-4-10-18(29)11-15-28-12-6-7-13-28/h1-3,8-9,16,18,25H,4-7,10-15H2/q-1. The molecule has 2 saturated heterocycles. The molecule has 5 nitrogen and oxygen atoms in total. The van der Waals surface area contributed by atoms with Crippen molar-refractivity contribution in [1.29, 1.82) is 0 Å². The molecule has 1 radical (unpaired) electrons. The van der Waals surface area contributed by atoms with E-state index in [0.717, 1.165) is 32.9 Å². The van der Waals surface area contributed by atoms with Gasteiger partial charge in [-0.05, 0) is 67.1 Å². The van der Waals surface area contributed by atoms with E-state index in [4.69, 9.17) is 9.97 Å². The molecule has 2 aromatic heterocycles. The van der Waals surface area contributed by atoms with Crippen LogP contribution in [-0.4, -0.2) is 52.1 Å². The van der Waals surface area contributed by atoms with Crippen LogP contribution >= 0.6 is 0 Å². The van der Waals surface area contributed by atoms with E-state index in [0.29, 0.717) is 6.04 Å². The minimum Gasteiger partial charge on any atom is -0.714 e. The monoisotopic (exact) mass is 501 g/mol. The van der Waals surface area contributed by atoms with Crippen molar-refractivity contribution < 1.29 is 22.6 Å². The number of benzene rings is 1. The molecule has 2 aliphatic heterocycles. The van der Waals surface area contributed by atoms with Crippen LogP contribution in [-0.2, 0) is 0 Å². The van der Waals surface area contributed by atoms with E-state index in [-0.39, 0.29) is 0 Å². The number of piperidine rings is 1. The average Bonchev–Trinajstić information content (AvgIpc) is 3.42. The minimum atomic E-state index is 0.571. The Kier molecular flexibility index (Phi) is 5.72. The summed E-state index contributed by atoms with van der Waals surface area (Å²) in [5, 5.41) is 0. The van der Waals surface area contributed by atoms with Gasteiger partial charge in [0.15, 0.2) is 5.82 Å². The van der Waals surface area contributed by atoms with Crippen molar-refractivity contribution in [3.8, 4) is 11.3 Å². The fraction of sp³-hybridized carbons (Fsp3) is 0.478. The maximum Gasteiger partial charge on any atom is 0.154 e. The lowest BCUT2D eigenvalue weighted by atomic mass is 9.99. The van der Waals surface area contributed by atoms with E-state index < -0.39 is 0 Å². The van der Waals surface area contributed by atoms with Crippen LogP contribution in [0.5, 0.6) is 0 Å². The highest BCUT2D eigenvalue weighted by Crippen LogP contribution is 2.32. The predicted molar refractivity (Wildman–Crippen MR) is 113 cm³/mol. The zero-order valence-electron chi connectivity index (χ0n) is 16.8. The van der Waals surface area contributed by atoms with Gasteiger partial charge in [0.25, 0.3) is 0 Å². The first-order valence-corrected chi connectivity index (χ1v) is 12.0. The lowest BCUT2D eigenvalue weighted by molar-refractivity contribution is -0.346. The van der Waals surface area contributed by atoms with E-state index in [1.54, 1.807) is 0 Å². The molecule has 1 atom stereocenters. The average molecular weight is 501 g/mol. The highest BCUT2D eigenvalue weighted by atomic mass is 127. The molecule has 0 saturated carbocycles. The normalized spacial score (nSPS) is 20.6. The van der Waals surface area contributed by atoms with Gasteiger partial charge in [-0.15, -0.1) is 0 Å². The zero-order chi connectivity index (χ0) is 19.6. The maximum atomic E-state index is 4.92. The Balaban J connectivity index is 1.47. The summed E-state index contributed by atoms with van der Waals surface area (Å²) in [4.78, 5) is 18.5. The van der Waals surface area contributed by atoms with Crippen molar-refractivity contribution in [2.75, 3.05) is 31.1 Å². The number of nitrogens with zero attached hydrogens (tertiary/aromatic N) is 4. The predicted octanol–water partition coefficient (Wildman–Crippen LogP) is 1.19. The Morgan fingerprint density at radius 2 is 1.79 bits per heavy atom. The Bertz CT molecular complexity index is 964. The summed E-state index contributed by atoms with van der Waals surface area (Å²) in [5.74, 6) is 1.09. The van der Waals surface area contributed by atoms with Crippen molar-refractivity contribution >= 4 is 16.9 Å². The second-order valence-electron chi connectivity index (χ2n) is 8.31. The number of nitrogens with one attached hydrogen (secondary N) is 1. The molecule has 1 aromatic carbocycles. The number of H-pyrrole nitrogens is 1. The number of halogens is 1. The van der Waals surface area contributed by atoms with E-state index >= 15 is 0 Å². The second-order valence-corrected chi connectivity index (χ2v) is 9.27. The molecule has 0 bridgehead atoms. The number of hydrogen-bond acceptors (Lipinski definition) is 4. The first-order chi connectivity index (χ1) is 14.3. The van der Waals surface area contributed by atoms with Crippen LogP contribution in [0, 0.1) is 3.83 Å². The van der Waals surface area contributed by atoms with Crippen molar-refractivity contribution in [2.45, 2.75) is 44.6 Å². The summed E-state index contributed by atoms with van der Waals surface area (Å²) in [6.45, 7) is 4.86. The molecule has 0 amide bonds. The summed E-state index contributed by atoms with van der Waals surface area (Å²) < 4.78 is 0.826. The quantitative estimate of drug-likeness (QED) is 0.422. The second kappa shape index (κ2) is 8.60. The molecule has 29 heavy (non-hydrogen) atoms. The third-order valence-electron chi connectivity index (χ3n) is 6.39. The van der Waals surface area contributed by atoms with Gasteiger partial charge in [0.1, 0.15) is 5.52 Å². The maximum absolute atomic E-state index is 4.92.